The molecule has 0 aliphatic carbocycles. The van der Waals surface area contributed by atoms with Gasteiger partial charge in [0.15, 0.2) is 0 Å². The number of hydrogen-bond acceptors (Lipinski definition) is 5. The van der Waals surface area contributed by atoms with Gasteiger partial charge in [-0.25, -0.2) is 0 Å². The molecule has 1 amide bonds. The highest BCUT2D eigenvalue weighted by Gasteiger charge is 2.23. The topological polar surface area (TPSA) is 55.4 Å². The van der Waals surface area contributed by atoms with Crippen LogP contribution in [0.4, 0.5) is 0 Å². The number of carbonyl (C=O) groups is 2. The molecule has 1 N–H and O–H groups in total. The number of nitrogens with one attached hydrogen (secondary N) is 1. The van der Waals surface area contributed by atoms with E-state index in [2.05, 4.69) is 36.7 Å². The van der Waals surface area contributed by atoms with E-state index in [1.165, 1.54) is 9.75 Å². The molecule has 4 nitrogen and oxygen atoms in total. The van der Waals surface area contributed by atoms with E-state index in [-0.39, 0.29) is 24.2 Å². The molecule has 1 unspecified atom stereocenters. The van der Waals surface area contributed by atoms with Gasteiger partial charge < -0.3 is 10.1 Å². The van der Waals surface area contributed by atoms with Gasteiger partial charge in [-0.3, -0.25) is 9.59 Å². The summed E-state index contributed by atoms with van der Waals surface area (Å²) in [5, 5.41) is 5.04. The second kappa shape index (κ2) is 9.73. The molecule has 136 valence electrons. The summed E-state index contributed by atoms with van der Waals surface area (Å²) in [5.74, 6) is -0.375. The van der Waals surface area contributed by atoms with Gasteiger partial charge in [0.2, 0.25) is 5.91 Å². The van der Waals surface area contributed by atoms with Crippen LogP contribution in [-0.4, -0.2) is 18.5 Å². The summed E-state index contributed by atoms with van der Waals surface area (Å²) in [5.41, 5.74) is 0. The van der Waals surface area contributed by atoms with Crippen molar-refractivity contribution in [1.82, 2.24) is 5.32 Å². The molecule has 0 saturated carbocycles. The lowest BCUT2D eigenvalue weighted by molar-refractivity contribution is -0.146. The number of thiophene rings is 2. The van der Waals surface area contributed by atoms with Crippen LogP contribution in [0.3, 0.4) is 0 Å². The fourth-order valence-corrected chi connectivity index (χ4v) is 4.40. The van der Waals surface area contributed by atoms with E-state index >= 15 is 0 Å². The molecule has 0 spiro atoms. The molecule has 0 radical (unpaired) electrons. The average molecular weight is 380 g/mol. The Morgan fingerprint density at radius 1 is 1.20 bits per heavy atom. The van der Waals surface area contributed by atoms with Crippen molar-refractivity contribution in [3.05, 3.63) is 34.5 Å². The monoisotopic (exact) mass is 379 g/mol. The van der Waals surface area contributed by atoms with E-state index in [9.17, 15) is 9.59 Å². The molecule has 0 aromatic carbocycles. The highest BCUT2D eigenvalue weighted by molar-refractivity contribution is 7.21. The minimum atomic E-state index is -0.337. The fourth-order valence-electron chi connectivity index (χ4n) is 2.62. The molecule has 6 heteroatoms. The van der Waals surface area contributed by atoms with Crippen molar-refractivity contribution in [2.45, 2.75) is 40.2 Å². The molecule has 2 rings (SSSR count). The summed E-state index contributed by atoms with van der Waals surface area (Å²) >= 11 is 3.39. The van der Waals surface area contributed by atoms with Gasteiger partial charge in [-0.05, 0) is 42.8 Å². The third kappa shape index (κ3) is 6.29. The Bertz CT molecular complexity index is 677. The number of carbonyl (C=O) groups excluding carboxylic acids is 2. The highest BCUT2D eigenvalue weighted by atomic mass is 32.1. The molecular formula is C19H25NO3S2. The van der Waals surface area contributed by atoms with Crippen LogP contribution in [0.1, 0.15) is 38.5 Å². The summed E-state index contributed by atoms with van der Waals surface area (Å²) in [6.07, 6.45) is 0.818. The maximum atomic E-state index is 12.5. The first-order valence-corrected chi connectivity index (χ1v) is 10.2. The van der Waals surface area contributed by atoms with Crippen LogP contribution in [0.25, 0.3) is 9.75 Å². The number of rotatable bonds is 9. The van der Waals surface area contributed by atoms with Crippen LogP contribution < -0.4 is 5.32 Å². The van der Waals surface area contributed by atoms with Crippen molar-refractivity contribution in [3.63, 3.8) is 0 Å². The summed E-state index contributed by atoms with van der Waals surface area (Å²) in [7, 11) is 0. The third-order valence-corrected chi connectivity index (χ3v) is 5.86. The Balaban J connectivity index is 1.92. The van der Waals surface area contributed by atoms with Gasteiger partial charge in [-0.1, -0.05) is 19.9 Å². The summed E-state index contributed by atoms with van der Waals surface area (Å²) in [4.78, 5) is 27.8. The first-order chi connectivity index (χ1) is 12.0. The number of esters is 1. The maximum Gasteiger partial charge on any atom is 0.306 e. The summed E-state index contributed by atoms with van der Waals surface area (Å²) < 4.78 is 5.00. The van der Waals surface area contributed by atoms with Gasteiger partial charge in [-0.15, -0.1) is 22.7 Å². The molecule has 2 aromatic rings. The van der Waals surface area contributed by atoms with Crippen LogP contribution >= 0.6 is 22.7 Å². The third-order valence-electron chi connectivity index (χ3n) is 3.71. The summed E-state index contributed by atoms with van der Waals surface area (Å²) in [6.45, 7) is 6.72. The van der Waals surface area contributed by atoms with Crippen LogP contribution in [0.15, 0.2) is 29.6 Å². The SMILES string of the molecule is CCOC(=O)CC(CC(C)C)C(=O)NCc1ccc(-c2cccs2)s1. The minimum absolute atomic E-state index is 0.0761. The number of ether oxygens (including phenoxy) is 1. The van der Waals surface area contributed by atoms with E-state index in [4.69, 9.17) is 4.74 Å². The van der Waals surface area contributed by atoms with Crippen molar-refractivity contribution in [1.29, 1.82) is 0 Å². The Hall–Kier alpha value is -1.66. The van der Waals surface area contributed by atoms with E-state index in [0.29, 0.717) is 25.5 Å². The Morgan fingerprint density at radius 3 is 2.64 bits per heavy atom. The first-order valence-electron chi connectivity index (χ1n) is 8.55. The van der Waals surface area contributed by atoms with Gasteiger partial charge in [-0.2, -0.15) is 0 Å². The van der Waals surface area contributed by atoms with Crippen molar-refractivity contribution in [2.24, 2.45) is 11.8 Å². The number of hydrogen-bond donors (Lipinski definition) is 1. The molecule has 0 saturated heterocycles. The van der Waals surface area contributed by atoms with Crippen LogP contribution in [0, 0.1) is 11.8 Å². The maximum absolute atomic E-state index is 12.5. The molecule has 1 atom stereocenters. The molecule has 2 aromatic heterocycles. The van der Waals surface area contributed by atoms with Crippen LogP contribution in [-0.2, 0) is 20.9 Å². The predicted octanol–water partition coefficient (Wildman–Crippen LogP) is 4.71. The lowest BCUT2D eigenvalue weighted by Crippen LogP contribution is -2.32. The zero-order chi connectivity index (χ0) is 18.2. The lowest BCUT2D eigenvalue weighted by atomic mass is 9.93. The van der Waals surface area contributed by atoms with E-state index in [1.54, 1.807) is 29.6 Å². The van der Waals surface area contributed by atoms with Gasteiger partial charge in [0.25, 0.3) is 0 Å². The quantitative estimate of drug-likeness (QED) is 0.642. The normalized spacial score (nSPS) is 12.2. The molecule has 0 bridgehead atoms. The van der Waals surface area contributed by atoms with Crippen molar-refractivity contribution in [2.75, 3.05) is 6.61 Å². The van der Waals surface area contributed by atoms with Crippen molar-refractivity contribution in [3.8, 4) is 9.75 Å². The van der Waals surface area contributed by atoms with Gasteiger partial charge in [0.1, 0.15) is 0 Å². The van der Waals surface area contributed by atoms with Gasteiger partial charge in [0.05, 0.1) is 19.6 Å². The molecule has 0 aliphatic heterocycles. The zero-order valence-corrected chi connectivity index (χ0v) is 16.5. The molecule has 25 heavy (non-hydrogen) atoms. The molecule has 0 fully saturated rings. The number of amides is 1. The molecular weight excluding hydrogens is 354 g/mol. The van der Waals surface area contributed by atoms with Crippen molar-refractivity contribution < 1.29 is 14.3 Å². The largest absolute Gasteiger partial charge is 0.466 e. The van der Waals surface area contributed by atoms with E-state index in [1.807, 2.05) is 12.1 Å². The zero-order valence-electron chi connectivity index (χ0n) is 14.9. The second-order valence-corrected chi connectivity index (χ2v) is 8.41. The fraction of sp³-hybridized carbons (Fsp3) is 0.474. The molecule has 0 aliphatic rings. The van der Waals surface area contributed by atoms with Gasteiger partial charge >= 0.3 is 5.97 Å². The van der Waals surface area contributed by atoms with Crippen LogP contribution in [0.2, 0.25) is 0 Å². The lowest BCUT2D eigenvalue weighted by Gasteiger charge is -2.17. The first kappa shape index (κ1) is 19.7. The Morgan fingerprint density at radius 2 is 2.00 bits per heavy atom. The smallest absolute Gasteiger partial charge is 0.306 e. The van der Waals surface area contributed by atoms with Crippen LogP contribution in [0.5, 0.6) is 0 Å². The standard InChI is InChI=1S/C19H25NO3S2/c1-4-23-18(21)11-14(10-13(2)3)19(22)20-12-15-7-8-17(25-15)16-6-5-9-24-16/h5-9,13-14H,4,10-12H2,1-3H3,(H,20,22). The average Bonchev–Trinajstić information content (AvgIpc) is 3.22. The van der Waals surface area contributed by atoms with E-state index in [0.717, 1.165) is 4.88 Å². The second-order valence-electron chi connectivity index (χ2n) is 6.30. The molecule has 2 heterocycles. The Labute approximate surface area is 157 Å². The van der Waals surface area contributed by atoms with E-state index < -0.39 is 0 Å². The predicted molar refractivity (Wildman–Crippen MR) is 104 cm³/mol. The Kier molecular flexibility index (Phi) is 7.65. The highest BCUT2D eigenvalue weighted by Crippen LogP contribution is 2.31. The van der Waals surface area contributed by atoms with Crippen molar-refractivity contribution >= 4 is 34.6 Å². The van der Waals surface area contributed by atoms with Gasteiger partial charge in [0, 0.05) is 20.5 Å². The minimum Gasteiger partial charge on any atom is -0.466 e. The summed E-state index contributed by atoms with van der Waals surface area (Å²) in [6, 6.07) is 8.26.